The van der Waals surface area contributed by atoms with Gasteiger partial charge in [-0.3, -0.25) is 4.98 Å². The third kappa shape index (κ3) is 2.70. The quantitative estimate of drug-likeness (QED) is 0.676. The molecule has 2 atom stereocenters. The zero-order valence-corrected chi connectivity index (χ0v) is 9.17. The summed E-state index contributed by atoms with van der Waals surface area (Å²) in [7, 11) is 0. The van der Waals surface area contributed by atoms with E-state index in [1.54, 1.807) is 0 Å². The summed E-state index contributed by atoms with van der Waals surface area (Å²) in [6, 6.07) is 4.14. The second-order valence-electron chi connectivity index (χ2n) is 3.47. The van der Waals surface area contributed by atoms with Crippen LogP contribution in [0.1, 0.15) is 37.4 Å². The zero-order valence-electron chi connectivity index (χ0n) is 8.42. The molecule has 1 aromatic heterocycles. The fraction of sp³-hybridized carbons (Fsp3) is 0.545. The molecule has 1 aromatic rings. The van der Waals surface area contributed by atoms with E-state index < -0.39 is 0 Å². The standard InChI is InChI=1S/C11H16ClN/c1-4-10(12)9(3)11-6-5-8(2)7-13-11/h5-7,9-10H,4H2,1-3H3. The largest absolute Gasteiger partial charge is 0.261 e. The van der Waals surface area contributed by atoms with Crippen molar-refractivity contribution in [3.8, 4) is 0 Å². The Morgan fingerprint density at radius 1 is 1.46 bits per heavy atom. The zero-order chi connectivity index (χ0) is 9.84. The molecule has 0 saturated heterocycles. The van der Waals surface area contributed by atoms with E-state index in [1.165, 1.54) is 5.56 Å². The van der Waals surface area contributed by atoms with Gasteiger partial charge in [-0.05, 0) is 25.0 Å². The molecule has 2 heteroatoms. The van der Waals surface area contributed by atoms with Crippen LogP contribution in [-0.2, 0) is 0 Å². The highest BCUT2D eigenvalue weighted by atomic mass is 35.5. The Labute approximate surface area is 85.1 Å². The molecule has 0 aromatic carbocycles. The van der Waals surface area contributed by atoms with E-state index >= 15 is 0 Å². The molecule has 0 saturated carbocycles. The van der Waals surface area contributed by atoms with Crippen LogP contribution in [0.25, 0.3) is 0 Å². The highest BCUT2D eigenvalue weighted by molar-refractivity contribution is 6.21. The Morgan fingerprint density at radius 3 is 2.62 bits per heavy atom. The molecule has 0 aliphatic carbocycles. The molecule has 0 amide bonds. The van der Waals surface area contributed by atoms with E-state index in [0.717, 1.165) is 12.1 Å². The van der Waals surface area contributed by atoms with Crippen molar-refractivity contribution >= 4 is 11.6 Å². The number of aromatic nitrogens is 1. The Morgan fingerprint density at radius 2 is 2.15 bits per heavy atom. The summed E-state index contributed by atoms with van der Waals surface area (Å²) in [4.78, 5) is 4.36. The summed E-state index contributed by atoms with van der Waals surface area (Å²) in [5.41, 5.74) is 2.28. The van der Waals surface area contributed by atoms with Crippen molar-refractivity contribution in [3.63, 3.8) is 0 Å². The third-order valence-electron chi connectivity index (χ3n) is 2.33. The summed E-state index contributed by atoms with van der Waals surface area (Å²) in [6.45, 7) is 6.26. The maximum absolute atomic E-state index is 6.15. The first-order valence-corrected chi connectivity index (χ1v) is 5.15. The molecule has 1 rings (SSSR count). The second-order valence-corrected chi connectivity index (χ2v) is 4.03. The third-order valence-corrected chi connectivity index (χ3v) is 3.02. The fourth-order valence-corrected chi connectivity index (χ4v) is 1.42. The number of pyridine rings is 1. The minimum atomic E-state index is 0.190. The van der Waals surface area contributed by atoms with E-state index in [-0.39, 0.29) is 5.38 Å². The highest BCUT2D eigenvalue weighted by Gasteiger charge is 2.15. The van der Waals surface area contributed by atoms with Crippen LogP contribution in [0.4, 0.5) is 0 Å². The van der Waals surface area contributed by atoms with Gasteiger partial charge in [-0.15, -0.1) is 11.6 Å². The SMILES string of the molecule is CCC(Cl)C(C)c1ccc(C)cn1. The van der Waals surface area contributed by atoms with Crippen molar-refractivity contribution in [2.24, 2.45) is 0 Å². The Kier molecular flexibility index (Phi) is 3.73. The molecule has 0 spiro atoms. The maximum Gasteiger partial charge on any atom is 0.0446 e. The van der Waals surface area contributed by atoms with Crippen molar-refractivity contribution in [2.45, 2.75) is 38.5 Å². The molecule has 0 fully saturated rings. The maximum atomic E-state index is 6.15. The summed E-state index contributed by atoms with van der Waals surface area (Å²) in [5.74, 6) is 0.340. The van der Waals surface area contributed by atoms with Crippen molar-refractivity contribution < 1.29 is 0 Å². The molecule has 0 aliphatic heterocycles. The molecule has 2 unspecified atom stereocenters. The monoisotopic (exact) mass is 197 g/mol. The highest BCUT2D eigenvalue weighted by Crippen LogP contribution is 2.23. The number of hydrogen-bond donors (Lipinski definition) is 0. The molecule has 0 aliphatic rings. The van der Waals surface area contributed by atoms with Crippen LogP contribution >= 0.6 is 11.6 Å². The van der Waals surface area contributed by atoms with E-state index in [4.69, 9.17) is 11.6 Å². The van der Waals surface area contributed by atoms with Crippen LogP contribution in [0.2, 0.25) is 0 Å². The molecule has 0 radical (unpaired) electrons. The first-order chi connectivity index (χ1) is 6.15. The Bertz CT molecular complexity index is 255. The molecule has 0 bridgehead atoms. The Hall–Kier alpha value is -0.560. The molecule has 1 nitrogen and oxygen atoms in total. The van der Waals surface area contributed by atoms with Crippen molar-refractivity contribution in [1.29, 1.82) is 0 Å². The van der Waals surface area contributed by atoms with Gasteiger partial charge in [0.25, 0.3) is 0 Å². The van der Waals surface area contributed by atoms with Crippen molar-refractivity contribution in [1.82, 2.24) is 4.98 Å². The van der Waals surface area contributed by atoms with Gasteiger partial charge in [-0.1, -0.05) is 19.9 Å². The van der Waals surface area contributed by atoms with Gasteiger partial charge in [-0.2, -0.15) is 0 Å². The van der Waals surface area contributed by atoms with Crippen LogP contribution in [0.3, 0.4) is 0 Å². The van der Waals surface area contributed by atoms with E-state index in [9.17, 15) is 0 Å². The van der Waals surface area contributed by atoms with Gasteiger partial charge in [0.2, 0.25) is 0 Å². The lowest BCUT2D eigenvalue weighted by Crippen LogP contribution is -2.09. The average molecular weight is 198 g/mol. The fourth-order valence-electron chi connectivity index (χ4n) is 1.29. The lowest BCUT2D eigenvalue weighted by Gasteiger charge is -2.15. The van der Waals surface area contributed by atoms with Gasteiger partial charge in [0.05, 0.1) is 0 Å². The van der Waals surface area contributed by atoms with Crippen LogP contribution in [-0.4, -0.2) is 10.4 Å². The number of rotatable bonds is 3. The summed E-state index contributed by atoms with van der Waals surface area (Å²) in [6.07, 6.45) is 2.88. The number of hydrogen-bond acceptors (Lipinski definition) is 1. The van der Waals surface area contributed by atoms with Crippen LogP contribution in [0.15, 0.2) is 18.3 Å². The van der Waals surface area contributed by atoms with Crippen molar-refractivity contribution in [3.05, 3.63) is 29.6 Å². The second kappa shape index (κ2) is 4.61. The van der Waals surface area contributed by atoms with Gasteiger partial charge < -0.3 is 0 Å². The molecule has 1 heterocycles. The molecule has 0 N–H and O–H groups in total. The van der Waals surface area contributed by atoms with Crippen LogP contribution < -0.4 is 0 Å². The van der Waals surface area contributed by atoms with Gasteiger partial charge >= 0.3 is 0 Å². The predicted octanol–water partition coefficient (Wildman–Crippen LogP) is 3.51. The lowest BCUT2D eigenvalue weighted by molar-refractivity contribution is 0.656. The molecular weight excluding hydrogens is 182 g/mol. The normalized spacial score (nSPS) is 15.4. The Balaban J connectivity index is 2.77. The van der Waals surface area contributed by atoms with Gasteiger partial charge in [-0.25, -0.2) is 0 Å². The summed E-state index contributed by atoms with van der Waals surface area (Å²) < 4.78 is 0. The van der Waals surface area contributed by atoms with Gasteiger partial charge in [0.1, 0.15) is 0 Å². The van der Waals surface area contributed by atoms with E-state index in [1.807, 2.05) is 13.1 Å². The number of nitrogens with zero attached hydrogens (tertiary/aromatic N) is 1. The van der Waals surface area contributed by atoms with Gasteiger partial charge in [0.15, 0.2) is 0 Å². The summed E-state index contributed by atoms with van der Waals surface area (Å²) >= 11 is 6.15. The number of alkyl halides is 1. The average Bonchev–Trinajstić information content (AvgIpc) is 2.17. The smallest absolute Gasteiger partial charge is 0.0446 e. The minimum absolute atomic E-state index is 0.190. The first-order valence-electron chi connectivity index (χ1n) is 4.71. The minimum Gasteiger partial charge on any atom is -0.261 e. The van der Waals surface area contributed by atoms with Crippen LogP contribution in [0, 0.1) is 6.92 Å². The molecular formula is C11H16ClN. The molecule has 13 heavy (non-hydrogen) atoms. The predicted molar refractivity (Wildman–Crippen MR) is 57.3 cm³/mol. The van der Waals surface area contributed by atoms with Gasteiger partial charge in [0, 0.05) is 23.2 Å². The number of halogens is 1. The lowest BCUT2D eigenvalue weighted by atomic mass is 10.0. The van der Waals surface area contributed by atoms with Crippen molar-refractivity contribution in [2.75, 3.05) is 0 Å². The first kappa shape index (κ1) is 10.5. The van der Waals surface area contributed by atoms with E-state index in [2.05, 4.69) is 31.0 Å². The number of aryl methyl sites for hydroxylation is 1. The van der Waals surface area contributed by atoms with Crippen LogP contribution in [0.5, 0.6) is 0 Å². The summed E-state index contributed by atoms with van der Waals surface area (Å²) in [5, 5.41) is 0.190. The molecule has 72 valence electrons. The van der Waals surface area contributed by atoms with E-state index in [0.29, 0.717) is 5.92 Å². The topological polar surface area (TPSA) is 12.9 Å².